The summed E-state index contributed by atoms with van der Waals surface area (Å²) in [6, 6.07) is 25.7. The molecule has 2 unspecified atom stereocenters. The highest BCUT2D eigenvalue weighted by molar-refractivity contribution is 7.88. The lowest BCUT2D eigenvalue weighted by atomic mass is 9.95. The number of nitrogens with two attached hydrogens (primary N) is 1. The van der Waals surface area contributed by atoms with Crippen LogP contribution in [0.3, 0.4) is 0 Å². The lowest BCUT2D eigenvalue weighted by Crippen LogP contribution is -2.36. The van der Waals surface area contributed by atoms with Gasteiger partial charge in [-0.3, -0.25) is 0 Å². The molecule has 3 rings (SSSR count). The third kappa shape index (κ3) is 5.29. The van der Waals surface area contributed by atoms with Gasteiger partial charge in [0.2, 0.25) is 10.0 Å². The first-order chi connectivity index (χ1) is 13.5. The number of sulfonamides is 1. The number of benzene rings is 3. The summed E-state index contributed by atoms with van der Waals surface area (Å²) in [5, 5.41) is 0. The van der Waals surface area contributed by atoms with Crippen LogP contribution in [0.1, 0.15) is 41.3 Å². The van der Waals surface area contributed by atoms with Gasteiger partial charge in [-0.05, 0) is 28.7 Å². The summed E-state index contributed by atoms with van der Waals surface area (Å²) >= 11 is 0. The van der Waals surface area contributed by atoms with Crippen LogP contribution >= 0.6 is 0 Å². The predicted molar refractivity (Wildman–Crippen MR) is 114 cm³/mol. The summed E-state index contributed by atoms with van der Waals surface area (Å²) in [5.74, 6) is -0.0777. The van der Waals surface area contributed by atoms with Crippen molar-refractivity contribution in [2.24, 2.45) is 5.73 Å². The van der Waals surface area contributed by atoms with Crippen molar-refractivity contribution < 1.29 is 8.42 Å². The molecule has 0 fully saturated rings. The Morgan fingerprint density at radius 2 is 1.39 bits per heavy atom. The molecule has 0 aliphatic heterocycles. The summed E-state index contributed by atoms with van der Waals surface area (Å²) in [6.45, 7) is 2.05. The molecule has 5 heteroatoms. The molecule has 28 heavy (non-hydrogen) atoms. The van der Waals surface area contributed by atoms with Crippen LogP contribution in [0.5, 0.6) is 0 Å². The van der Waals surface area contributed by atoms with Crippen molar-refractivity contribution in [2.75, 3.05) is 0 Å². The molecule has 0 heterocycles. The van der Waals surface area contributed by atoms with Crippen LogP contribution in [0.2, 0.25) is 0 Å². The summed E-state index contributed by atoms with van der Waals surface area (Å²) in [6.07, 6.45) is 0.868. The highest BCUT2D eigenvalue weighted by atomic mass is 32.2. The van der Waals surface area contributed by atoms with E-state index in [0.29, 0.717) is 0 Å². The zero-order valence-electron chi connectivity index (χ0n) is 16.0. The standard InChI is InChI=1S/C23H26N2O2S/c1-2-18-10-9-11-19(16-18)17-28(26,27)25-23(21-14-7-4-8-15-21)22(24)20-12-5-3-6-13-20/h3-16,22-23,25H,2,17,24H2,1H3. The maximum atomic E-state index is 13.0. The van der Waals surface area contributed by atoms with Crippen molar-refractivity contribution >= 4 is 10.0 Å². The zero-order chi connectivity index (χ0) is 20.0. The molecule has 146 valence electrons. The average molecular weight is 395 g/mol. The Balaban J connectivity index is 1.88. The van der Waals surface area contributed by atoms with Gasteiger partial charge in [0.15, 0.2) is 0 Å². The van der Waals surface area contributed by atoms with Gasteiger partial charge in [0.05, 0.1) is 17.8 Å². The molecule has 4 nitrogen and oxygen atoms in total. The minimum atomic E-state index is -3.59. The smallest absolute Gasteiger partial charge is 0.216 e. The molecule has 2 atom stereocenters. The van der Waals surface area contributed by atoms with Crippen LogP contribution in [-0.4, -0.2) is 8.42 Å². The monoisotopic (exact) mass is 394 g/mol. The first-order valence-electron chi connectivity index (χ1n) is 9.42. The van der Waals surface area contributed by atoms with E-state index in [1.807, 2.05) is 84.9 Å². The molecule has 3 aromatic rings. The minimum absolute atomic E-state index is 0.0777. The highest BCUT2D eigenvalue weighted by Gasteiger charge is 2.26. The second-order valence-electron chi connectivity index (χ2n) is 6.88. The molecule has 0 bridgehead atoms. The van der Waals surface area contributed by atoms with E-state index in [0.717, 1.165) is 28.7 Å². The first-order valence-corrected chi connectivity index (χ1v) is 11.1. The Morgan fingerprint density at radius 3 is 2.00 bits per heavy atom. The number of rotatable bonds is 8. The summed E-state index contributed by atoms with van der Waals surface area (Å²) in [5.41, 5.74) is 10.1. The zero-order valence-corrected chi connectivity index (χ0v) is 16.8. The highest BCUT2D eigenvalue weighted by Crippen LogP contribution is 2.28. The molecule has 3 aromatic carbocycles. The Bertz CT molecular complexity index is 989. The van der Waals surface area contributed by atoms with E-state index in [2.05, 4.69) is 11.6 Å². The maximum absolute atomic E-state index is 13.0. The summed E-state index contributed by atoms with van der Waals surface area (Å²) in [4.78, 5) is 0. The molecular formula is C23H26N2O2S. The second kappa shape index (κ2) is 9.15. The van der Waals surface area contributed by atoms with Gasteiger partial charge in [-0.2, -0.15) is 0 Å². The maximum Gasteiger partial charge on any atom is 0.216 e. The van der Waals surface area contributed by atoms with Crippen LogP contribution in [0, 0.1) is 0 Å². The van der Waals surface area contributed by atoms with Crippen molar-refractivity contribution in [3.8, 4) is 0 Å². The van der Waals surface area contributed by atoms with Crippen molar-refractivity contribution in [3.05, 3.63) is 107 Å². The van der Waals surface area contributed by atoms with Crippen molar-refractivity contribution in [1.82, 2.24) is 4.72 Å². The molecule has 3 N–H and O–H groups in total. The van der Waals surface area contributed by atoms with Crippen LogP contribution in [-0.2, 0) is 22.2 Å². The van der Waals surface area contributed by atoms with E-state index >= 15 is 0 Å². The Labute approximate surface area is 167 Å². The van der Waals surface area contributed by atoms with Gasteiger partial charge in [-0.15, -0.1) is 0 Å². The van der Waals surface area contributed by atoms with Gasteiger partial charge in [0, 0.05) is 0 Å². The molecule has 0 saturated carbocycles. The fourth-order valence-electron chi connectivity index (χ4n) is 3.27. The lowest BCUT2D eigenvalue weighted by molar-refractivity contribution is 0.503. The lowest BCUT2D eigenvalue weighted by Gasteiger charge is -2.26. The molecule has 0 aliphatic rings. The number of hydrogen-bond donors (Lipinski definition) is 2. The third-order valence-corrected chi connectivity index (χ3v) is 6.09. The molecule has 0 aliphatic carbocycles. The van der Waals surface area contributed by atoms with Gasteiger partial charge >= 0.3 is 0 Å². The van der Waals surface area contributed by atoms with E-state index in [4.69, 9.17) is 5.73 Å². The van der Waals surface area contributed by atoms with Crippen LogP contribution in [0.25, 0.3) is 0 Å². The SMILES string of the molecule is CCc1cccc(CS(=O)(=O)NC(c2ccccc2)C(N)c2ccccc2)c1. The molecule has 0 aromatic heterocycles. The van der Waals surface area contributed by atoms with Gasteiger partial charge in [0.1, 0.15) is 0 Å². The molecule has 0 spiro atoms. The van der Waals surface area contributed by atoms with Gasteiger partial charge < -0.3 is 5.73 Å². The largest absolute Gasteiger partial charge is 0.322 e. The third-order valence-electron chi connectivity index (χ3n) is 4.77. The number of nitrogens with one attached hydrogen (secondary N) is 1. The summed E-state index contributed by atoms with van der Waals surface area (Å²) in [7, 11) is -3.59. The molecule has 0 saturated heterocycles. The number of aryl methyl sites for hydroxylation is 1. The van der Waals surface area contributed by atoms with Crippen LogP contribution in [0.4, 0.5) is 0 Å². The topological polar surface area (TPSA) is 72.2 Å². The Kier molecular flexibility index (Phi) is 6.62. The quantitative estimate of drug-likeness (QED) is 0.604. The van der Waals surface area contributed by atoms with Crippen LogP contribution in [0.15, 0.2) is 84.9 Å². The second-order valence-corrected chi connectivity index (χ2v) is 8.63. The van der Waals surface area contributed by atoms with Crippen molar-refractivity contribution in [1.29, 1.82) is 0 Å². The fraction of sp³-hybridized carbons (Fsp3) is 0.217. The van der Waals surface area contributed by atoms with Crippen molar-refractivity contribution in [3.63, 3.8) is 0 Å². The van der Waals surface area contributed by atoms with Gasteiger partial charge in [-0.25, -0.2) is 13.1 Å². The molecule has 0 amide bonds. The van der Waals surface area contributed by atoms with Crippen LogP contribution < -0.4 is 10.5 Å². The van der Waals surface area contributed by atoms with E-state index in [9.17, 15) is 8.42 Å². The van der Waals surface area contributed by atoms with E-state index < -0.39 is 22.1 Å². The molecular weight excluding hydrogens is 368 g/mol. The van der Waals surface area contributed by atoms with Crippen molar-refractivity contribution in [2.45, 2.75) is 31.2 Å². The predicted octanol–water partition coefficient (Wildman–Crippen LogP) is 4.11. The van der Waals surface area contributed by atoms with E-state index in [1.54, 1.807) is 0 Å². The Hall–Kier alpha value is -2.47. The summed E-state index contributed by atoms with van der Waals surface area (Å²) < 4.78 is 28.7. The van der Waals surface area contributed by atoms with Gasteiger partial charge in [-0.1, -0.05) is 91.9 Å². The number of hydrogen-bond acceptors (Lipinski definition) is 3. The normalized spacial score (nSPS) is 13.8. The van der Waals surface area contributed by atoms with E-state index in [1.165, 1.54) is 0 Å². The fourth-order valence-corrected chi connectivity index (χ4v) is 4.64. The van der Waals surface area contributed by atoms with Gasteiger partial charge in [0.25, 0.3) is 0 Å². The molecule has 0 radical (unpaired) electrons. The van der Waals surface area contributed by atoms with E-state index in [-0.39, 0.29) is 5.75 Å². The minimum Gasteiger partial charge on any atom is -0.322 e. The Morgan fingerprint density at radius 1 is 0.821 bits per heavy atom. The first kappa shape index (κ1) is 20.3. The average Bonchev–Trinajstić information content (AvgIpc) is 2.72.